The zero-order valence-electron chi connectivity index (χ0n) is 19.2. The number of aliphatic hydroxyl groups excluding tert-OH is 7. The standard InChI is InChI=1S/C22H30O14/c1-32-12-6-10(2-4-11(12)26)3-5-15(27)34-20-17(29)14(8-24)35-22(20,9-25)36-21-19(31)18(30)16(28)13(7-23)33-21/h2-6,13-14,16-21,23-26,28-31H,7-9H2,1H3/b5-3+/t13-,14-,16-,17-,18+,19-,20+,21-,22-/m1/s1. The SMILES string of the molecule is COc1cc(/C=C/C(=O)O[C@H]2[C@H](O)[C@@H](CO)O[C@]2(CO)O[C@H]2O[C@H](CO)[C@@H](O)[C@H](O)[C@H]2O)ccc1O. The highest BCUT2D eigenvalue weighted by Crippen LogP contribution is 2.38. The second-order valence-electron chi connectivity index (χ2n) is 8.24. The highest BCUT2D eigenvalue weighted by atomic mass is 16.8. The van der Waals surface area contributed by atoms with E-state index >= 15 is 0 Å². The van der Waals surface area contributed by atoms with E-state index in [9.17, 15) is 45.6 Å². The van der Waals surface area contributed by atoms with Crippen LogP contribution in [-0.2, 0) is 23.7 Å². The molecular weight excluding hydrogens is 488 g/mol. The Morgan fingerprint density at radius 1 is 1.03 bits per heavy atom. The van der Waals surface area contributed by atoms with Gasteiger partial charge < -0.3 is 64.5 Å². The fourth-order valence-electron chi connectivity index (χ4n) is 3.90. The number of carbonyl (C=O) groups excluding carboxylic acids is 1. The maximum absolute atomic E-state index is 12.5. The Hall–Kier alpha value is -2.37. The number of aromatic hydroxyl groups is 1. The number of phenolic OH excluding ortho intramolecular Hbond substituents is 1. The molecule has 202 valence electrons. The number of rotatable bonds is 9. The summed E-state index contributed by atoms with van der Waals surface area (Å²) < 4.78 is 26.5. The molecule has 0 aromatic heterocycles. The maximum atomic E-state index is 12.5. The molecule has 1 aromatic rings. The summed E-state index contributed by atoms with van der Waals surface area (Å²) in [7, 11) is 1.35. The van der Waals surface area contributed by atoms with E-state index in [-0.39, 0.29) is 11.5 Å². The number of methoxy groups -OCH3 is 1. The Balaban J connectivity index is 1.81. The molecule has 0 spiro atoms. The lowest BCUT2D eigenvalue weighted by molar-refractivity contribution is -0.383. The van der Waals surface area contributed by atoms with Crippen molar-refractivity contribution >= 4 is 12.0 Å². The maximum Gasteiger partial charge on any atom is 0.331 e. The van der Waals surface area contributed by atoms with Crippen LogP contribution in [0.15, 0.2) is 24.3 Å². The number of ether oxygens (including phenoxy) is 5. The lowest BCUT2D eigenvalue weighted by Crippen LogP contribution is -2.63. The number of carbonyl (C=O) groups is 1. The first kappa shape index (κ1) is 28.2. The number of hydrogen-bond donors (Lipinski definition) is 8. The topological polar surface area (TPSA) is 225 Å². The minimum Gasteiger partial charge on any atom is -0.504 e. The van der Waals surface area contributed by atoms with Gasteiger partial charge in [0, 0.05) is 6.08 Å². The van der Waals surface area contributed by atoms with E-state index in [1.165, 1.54) is 31.4 Å². The van der Waals surface area contributed by atoms with Crippen LogP contribution in [0.2, 0.25) is 0 Å². The van der Waals surface area contributed by atoms with E-state index in [2.05, 4.69) is 0 Å². The third-order valence-electron chi connectivity index (χ3n) is 5.90. The van der Waals surface area contributed by atoms with Crippen LogP contribution in [0.1, 0.15) is 5.56 Å². The van der Waals surface area contributed by atoms with Crippen molar-refractivity contribution in [1.82, 2.24) is 0 Å². The number of hydrogen-bond acceptors (Lipinski definition) is 14. The molecule has 2 saturated heterocycles. The third kappa shape index (κ3) is 5.63. The Kier molecular flexibility index (Phi) is 9.23. The quantitative estimate of drug-likeness (QED) is 0.118. The van der Waals surface area contributed by atoms with Crippen LogP contribution in [0, 0.1) is 0 Å². The van der Waals surface area contributed by atoms with E-state index in [1.807, 2.05) is 0 Å². The molecule has 9 atom stereocenters. The van der Waals surface area contributed by atoms with Gasteiger partial charge in [-0.3, -0.25) is 0 Å². The van der Waals surface area contributed by atoms with Crippen molar-refractivity contribution < 1.29 is 69.3 Å². The molecule has 0 unspecified atom stereocenters. The van der Waals surface area contributed by atoms with Gasteiger partial charge in [-0.25, -0.2) is 4.79 Å². The van der Waals surface area contributed by atoms with Crippen molar-refractivity contribution in [2.45, 2.75) is 54.8 Å². The monoisotopic (exact) mass is 518 g/mol. The van der Waals surface area contributed by atoms with Crippen LogP contribution in [0.4, 0.5) is 0 Å². The van der Waals surface area contributed by atoms with Crippen LogP contribution in [0.25, 0.3) is 6.08 Å². The van der Waals surface area contributed by atoms with Gasteiger partial charge in [-0.05, 0) is 23.8 Å². The molecule has 2 aliphatic heterocycles. The van der Waals surface area contributed by atoms with E-state index in [4.69, 9.17) is 23.7 Å². The summed E-state index contributed by atoms with van der Waals surface area (Å²) in [6.45, 7) is -2.59. The number of aliphatic hydroxyl groups is 7. The van der Waals surface area contributed by atoms with Crippen molar-refractivity contribution in [1.29, 1.82) is 0 Å². The Morgan fingerprint density at radius 2 is 1.72 bits per heavy atom. The van der Waals surface area contributed by atoms with Gasteiger partial charge in [0.1, 0.15) is 43.2 Å². The second kappa shape index (κ2) is 11.8. The highest BCUT2D eigenvalue weighted by Gasteiger charge is 2.60. The largest absolute Gasteiger partial charge is 0.504 e. The van der Waals surface area contributed by atoms with Gasteiger partial charge in [0.25, 0.3) is 0 Å². The highest BCUT2D eigenvalue weighted by molar-refractivity contribution is 5.87. The van der Waals surface area contributed by atoms with E-state index < -0.39 is 80.6 Å². The number of benzene rings is 1. The van der Waals surface area contributed by atoms with Crippen molar-refractivity contribution in [2.24, 2.45) is 0 Å². The Bertz CT molecular complexity index is 922. The zero-order valence-corrected chi connectivity index (χ0v) is 19.2. The molecule has 14 nitrogen and oxygen atoms in total. The summed E-state index contributed by atoms with van der Waals surface area (Å²) in [5, 5.41) is 79.5. The summed E-state index contributed by atoms with van der Waals surface area (Å²) >= 11 is 0. The lowest BCUT2D eigenvalue weighted by Gasteiger charge is -2.43. The van der Waals surface area contributed by atoms with Gasteiger partial charge in [-0.2, -0.15) is 0 Å². The predicted octanol–water partition coefficient (Wildman–Crippen LogP) is -3.42. The minimum absolute atomic E-state index is 0.114. The van der Waals surface area contributed by atoms with Crippen molar-refractivity contribution in [3.8, 4) is 11.5 Å². The fourth-order valence-corrected chi connectivity index (χ4v) is 3.90. The second-order valence-corrected chi connectivity index (χ2v) is 8.24. The first-order chi connectivity index (χ1) is 17.1. The number of esters is 1. The van der Waals surface area contributed by atoms with Gasteiger partial charge in [0.2, 0.25) is 5.79 Å². The van der Waals surface area contributed by atoms with Gasteiger partial charge in [-0.15, -0.1) is 0 Å². The smallest absolute Gasteiger partial charge is 0.331 e. The average Bonchev–Trinajstić information content (AvgIpc) is 3.14. The van der Waals surface area contributed by atoms with Gasteiger partial charge in [0.05, 0.1) is 20.3 Å². The average molecular weight is 518 g/mol. The molecule has 2 aliphatic rings. The molecule has 0 saturated carbocycles. The van der Waals surface area contributed by atoms with Gasteiger partial charge >= 0.3 is 5.97 Å². The fraction of sp³-hybridized carbons (Fsp3) is 0.591. The molecule has 0 amide bonds. The molecule has 2 heterocycles. The first-order valence-corrected chi connectivity index (χ1v) is 10.9. The van der Waals surface area contributed by atoms with Crippen LogP contribution in [0.3, 0.4) is 0 Å². The van der Waals surface area contributed by atoms with Gasteiger partial charge in [-0.1, -0.05) is 6.07 Å². The van der Waals surface area contributed by atoms with Crippen molar-refractivity contribution in [3.63, 3.8) is 0 Å². The van der Waals surface area contributed by atoms with Crippen molar-refractivity contribution in [3.05, 3.63) is 29.8 Å². The predicted molar refractivity (Wildman–Crippen MR) is 116 cm³/mol. The minimum atomic E-state index is -2.37. The molecule has 0 aliphatic carbocycles. The van der Waals surface area contributed by atoms with E-state index in [1.54, 1.807) is 0 Å². The zero-order chi connectivity index (χ0) is 26.6. The number of phenols is 1. The molecule has 0 bridgehead atoms. The normalized spacial score (nSPS) is 36.8. The molecule has 3 rings (SSSR count). The van der Waals surface area contributed by atoms with E-state index in [0.717, 1.165) is 6.08 Å². The first-order valence-electron chi connectivity index (χ1n) is 10.9. The summed E-state index contributed by atoms with van der Waals surface area (Å²) in [6.07, 6.45) is -11.1. The molecule has 14 heteroatoms. The Labute approximate surface area is 205 Å². The van der Waals surface area contributed by atoms with Crippen molar-refractivity contribution in [2.75, 3.05) is 26.9 Å². The lowest BCUT2D eigenvalue weighted by atomic mass is 9.99. The molecule has 0 radical (unpaired) electrons. The molecule has 1 aromatic carbocycles. The molecular formula is C22H30O14. The third-order valence-corrected chi connectivity index (χ3v) is 5.90. The summed E-state index contributed by atoms with van der Waals surface area (Å²) in [5.41, 5.74) is 0.448. The summed E-state index contributed by atoms with van der Waals surface area (Å²) in [5.74, 6) is -3.35. The van der Waals surface area contributed by atoms with E-state index in [0.29, 0.717) is 5.56 Å². The van der Waals surface area contributed by atoms with Gasteiger partial charge in [0.15, 0.2) is 23.9 Å². The molecule has 36 heavy (non-hydrogen) atoms. The summed E-state index contributed by atoms with van der Waals surface area (Å²) in [6, 6.07) is 4.27. The van der Waals surface area contributed by atoms with Crippen LogP contribution in [-0.4, -0.2) is 129 Å². The van der Waals surface area contributed by atoms with Crippen LogP contribution in [0.5, 0.6) is 11.5 Å². The Morgan fingerprint density at radius 3 is 2.33 bits per heavy atom. The molecule has 8 N–H and O–H groups in total. The summed E-state index contributed by atoms with van der Waals surface area (Å²) in [4.78, 5) is 12.5. The van der Waals surface area contributed by atoms with Crippen LogP contribution < -0.4 is 4.74 Å². The van der Waals surface area contributed by atoms with Crippen LogP contribution >= 0.6 is 0 Å². The molecule has 2 fully saturated rings.